The summed E-state index contributed by atoms with van der Waals surface area (Å²) >= 11 is 0. The molecule has 0 bridgehead atoms. The molecule has 0 aromatic carbocycles. The molecular weight excluding hydrogens is 152 g/mol. The summed E-state index contributed by atoms with van der Waals surface area (Å²) in [5, 5.41) is 19.4. The third-order valence-corrected chi connectivity index (χ3v) is 3.62. The van der Waals surface area contributed by atoms with Crippen LogP contribution in [0, 0.1) is 11.8 Å². The van der Waals surface area contributed by atoms with Gasteiger partial charge in [-0.05, 0) is 37.5 Å². The van der Waals surface area contributed by atoms with Crippen LogP contribution >= 0.6 is 0 Å². The van der Waals surface area contributed by atoms with Crippen LogP contribution in [-0.4, -0.2) is 22.4 Å². The third-order valence-electron chi connectivity index (χ3n) is 3.62. The van der Waals surface area contributed by atoms with Gasteiger partial charge in [0.2, 0.25) is 0 Å². The molecule has 2 N–H and O–H groups in total. The van der Waals surface area contributed by atoms with E-state index in [9.17, 15) is 10.2 Å². The van der Waals surface area contributed by atoms with Gasteiger partial charge in [-0.1, -0.05) is 12.8 Å². The molecule has 0 amide bonds. The maximum absolute atomic E-state index is 9.71. The highest BCUT2D eigenvalue weighted by Crippen LogP contribution is 2.40. The van der Waals surface area contributed by atoms with Gasteiger partial charge in [0.1, 0.15) is 0 Å². The van der Waals surface area contributed by atoms with Gasteiger partial charge in [-0.15, -0.1) is 0 Å². The SMILES string of the molecule is OC1CCC(O)C2CCCCC12. The highest BCUT2D eigenvalue weighted by Gasteiger charge is 2.38. The maximum Gasteiger partial charge on any atom is 0.0573 e. The van der Waals surface area contributed by atoms with E-state index in [2.05, 4.69) is 0 Å². The van der Waals surface area contributed by atoms with Gasteiger partial charge in [0.05, 0.1) is 12.2 Å². The van der Waals surface area contributed by atoms with Crippen molar-refractivity contribution in [3.8, 4) is 0 Å². The van der Waals surface area contributed by atoms with Crippen molar-refractivity contribution in [3.05, 3.63) is 0 Å². The van der Waals surface area contributed by atoms with Crippen molar-refractivity contribution in [2.75, 3.05) is 0 Å². The van der Waals surface area contributed by atoms with Gasteiger partial charge < -0.3 is 10.2 Å². The van der Waals surface area contributed by atoms with Crippen LogP contribution in [0.1, 0.15) is 38.5 Å². The molecule has 2 aliphatic carbocycles. The molecule has 0 saturated heterocycles. The first-order valence-electron chi connectivity index (χ1n) is 5.15. The molecule has 4 unspecified atom stereocenters. The Morgan fingerprint density at radius 3 is 1.50 bits per heavy atom. The van der Waals surface area contributed by atoms with E-state index >= 15 is 0 Å². The summed E-state index contributed by atoms with van der Waals surface area (Å²) in [4.78, 5) is 0. The second kappa shape index (κ2) is 3.35. The van der Waals surface area contributed by atoms with E-state index in [-0.39, 0.29) is 12.2 Å². The Morgan fingerprint density at radius 2 is 1.08 bits per heavy atom. The summed E-state index contributed by atoms with van der Waals surface area (Å²) in [6.45, 7) is 0. The van der Waals surface area contributed by atoms with Gasteiger partial charge in [0.25, 0.3) is 0 Å². The van der Waals surface area contributed by atoms with E-state index in [1.165, 1.54) is 12.8 Å². The molecule has 2 rings (SSSR count). The zero-order valence-electron chi connectivity index (χ0n) is 7.45. The smallest absolute Gasteiger partial charge is 0.0573 e. The Morgan fingerprint density at radius 1 is 0.667 bits per heavy atom. The zero-order chi connectivity index (χ0) is 8.55. The van der Waals surface area contributed by atoms with Gasteiger partial charge in [-0.2, -0.15) is 0 Å². The van der Waals surface area contributed by atoms with Gasteiger partial charge in [0.15, 0.2) is 0 Å². The average Bonchev–Trinajstić information content (AvgIpc) is 2.12. The van der Waals surface area contributed by atoms with Crippen LogP contribution in [0.3, 0.4) is 0 Å². The fourth-order valence-corrected chi connectivity index (χ4v) is 2.91. The molecular formula is C10H18O2. The molecule has 0 heterocycles. The fraction of sp³-hybridized carbons (Fsp3) is 1.00. The van der Waals surface area contributed by atoms with Crippen molar-refractivity contribution in [2.45, 2.75) is 50.7 Å². The molecule has 0 aromatic rings. The van der Waals surface area contributed by atoms with E-state index < -0.39 is 0 Å². The second-order valence-electron chi connectivity index (χ2n) is 4.32. The number of aliphatic hydroxyl groups excluding tert-OH is 2. The third kappa shape index (κ3) is 1.38. The summed E-state index contributed by atoms with van der Waals surface area (Å²) in [5.74, 6) is 0.810. The predicted molar refractivity (Wildman–Crippen MR) is 46.7 cm³/mol. The van der Waals surface area contributed by atoms with Crippen molar-refractivity contribution in [3.63, 3.8) is 0 Å². The first-order valence-corrected chi connectivity index (χ1v) is 5.15. The molecule has 2 nitrogen and oxygen atoms in total. The molecule has 0 spiro atoms. The Bertz CT molecular complexity index is 140. The standard InChI is InChI=1S/C10H18O2/c11-9-5-6-10(12)8-4-2-1-3-7(8)9/h7-12H,1-6H2. The fourth-order valence-electron chi connectivity index (χ4n) is 2.91. The van der Waals surface area contributed by atoms with Crippen LogP contribution in [0.2, 0.25) is 0 Å². The van der Waals surface area contributed by atoms with Crippen LogP contribution < -0.4 is 0 Å². The molecule has 0 aromatic heterocycles. The Hall–Kier alpha value is -0.0800. The van der Waals surface area contributed by atoms with Gasteiger partial charge >= 0.3 is 0 Å². The van der Waals surface area contributed by atoms with Crippen molar-refractivity contribution >= 4 is 0 Å². The van der Waals surface area contributed by atoms with Crippen LogP contribution in [0.25, 0.3) is 0 Å². The zero-order valence-corrected chi connectivity index (χ0v) is 7.45. The Labute approximate surface area is 73.6 Å². The molecule has 0 radical (unpaired) electrons. The van der Waals surface area contributed by atoms with Crippen LogP contribution in [0.5, 0.6) is 0 Å². The minimum atomic E-state index is -0.126. The maximum atomic E-state index is 9.71. The highest BCUT2D eigenvalue weighted by molar-refractivity contribution is 4.89. The monoisotopic (exact) mass is 170 g/mol. The molecule has 2 heteroatoms. The topological polar surface area (TPSA) is 40.5 Å². The van der Waals surface area contributed by atoms with Crippen LogP contribution in [0.4, 0.5) is 0 Å². The van der Waals surface area contributed by atoms with Crippen LogP contribution in [0.15, 0.2) is 0 Å². The molecule has 2 aliphatic rings. The van der Waals surface area contributed by atoms with E-state index in [1.54, 1.807) is 0 Å². The van der Waals surface area contributed by atoms with Gasteiger partial charge in [0, 0.05) is 0 Å². The highest BCUT2D eigenvalue weighted by atomic mass is 16.3. The molecule has 4 atom stereocenters. The first kappa shape index (κ1) is 8.52. The first-order chi connectivity index (χ1) is 5.79. The Balaban J connectivity index is 2.05. The van der Waals surface area contributed by atoms with Crippen molar-refractivity contribution < 1.29 is 10.2 Å². The Kier molecular flexibility index (Phi) is 2.37. The van der Waals surface area contributed by atoms with E-state index in [0.717, 1.165) is 25.7 Å². The lowest BCUT2D eigenvalue weighted by Crippen LogP contribution is -2.42. The van der Waals surface area contributed by atoms with Crippen molar-refractivity contribution in [2.24, 2.45) is 11.8 Å². The van der Waals surface area contributed by atoms with E-state index in [1.807, 2.05) is 0 Å². The lowest BCUT2D eigenvalue weighted by Gasteiger charge is -2.41. The predicted octanol–water partition coefficient (Wildman–Crippen LogP) is 1.31. The molecule has 0 aliphatic heterocycles. The lowest BCUT2D eigenvalue weighted by atomic mass is 9.68. The number of hydrogen-bond acceptors (Lipinski definition) is 2. The summed E-state index contributed by atoms with van der Waals surface area (Å²) in [6.07, 6.45) is 6.10. The normalized spacial score (nSPS) is 48.5. The summed E-state index contributed by atoms with van der Waals surface area (Å²) in [5.41, 5.74) is 0. The molecule has 2 saturated carbocycles. The largest absolute Gasteiger partial charge is 0.393 e. The molecule has 2 fully saturated rings. The number of aliphatic hydroxyl groups is 2. The summed E-state index contributed by atoms with van der Waals surface area (Å²) in [6, 6.07) is 0. The number of fused-ring (bicyclic) bond motifs is 1. The number of rotatable bonds is 0. The second-order valence-corrected chi connectivity index (χ2v) is 4.32. The molecule has 70 valence electrons. The summed E-state index contributed by atoms with van der Waals surface area (Å²) in [7, 11) is 0. The van der Waals surface area contributed by atoms with Gasteiger partial charge in [-0.25, -0.2) is 0 Å². The van der Waals surface area contributed by atoms with Crippen molar-refractivity contribution in [1.82, 2.24) is 0 Å². The number of hydrogen-bond donors (Lipinski definition) is 2. The summed E-state index contributed by atoms with van der Waals surface area (Å²) < 4.78 is 0. The minimum absolute atomic E-state index is 0.126. The van der Waals surface area contributed by atoms with E-state index in [0.29, 0.717) is 11.8 Å². The van der Waals surface area contributed by atoms with Crippen molar-refractivity contribution in [1.29, 1.82) is 0 Å². The minimum Gasteiger partial charge on any atom is -0.393 e. The molecule has 12 heavy (non-hydrogen) atoms. The van der Waals surface area contributed by atoms with Crippen LogP contribution in [-0.2, 0) is 0 Å². The van der Waals surface area contributed by atoms with E-state index in [4.69, 9.17) is 0 Å². The quantitative estimate of drug-likeness (QED) is 0.575. The lowest BCUT2D eigenvalue weighted by molar-refractivity contribution is -0.0608. The van der Waals surface area contributed by atoms with Gasteiger partial charge in [-0.3, -0.25) is 0 Å². The average molecular weight is 170 g/mol.